The molecule has 1 aliphatic heterocycles. The minimum atomic E-state index is -0.220. The van der Waals surface area contributed by atoms with E-state index in [0.29, 0.717) is 13.0 Å². The van der Waals surface area contributed by atoms with Crippen LogP contribution in [-0.4, -0.2) is 22.3 Å². The fourth-order valence-electron chi connectivity index (χ4n) is 3.07. The number of carbonyl (C=O) groups is 1. The molecular formula is C21H29N3O2. The molecule has 0 spiro atoms. The Hall–Kier alpha value is -2.30. The number of para-hydroxylation sites is 1. The van der Waals surface area contributed by atoms with Gasteiger partial charge in [-0.2, -0.15) is 5.10 Å². The van der Waals surface area contributed by atoms with Gasteiger partial charge in [0.2, 0.25) is 5.91 Å². The highest BCUT2D eigenvalue weighted by atomic mass is 16.5. The van der Waals surface area contributed by atoms with Crippen LogP contribution in [0.5, 0.6) is 5.75 Å². The lowest BCUT2D eigenvalue weighted by Gasteiger charge is -2.26. The normalized spacial score (nSPS) is 17.4. The summed E-state index contributed by atoms with van der Waals surface area (Å²) in [7, 11) is 0. The monoisotopic (exact) mass is 355 g/mol. The number of fused-ring (bicyclic) bond motifs is 1. The number of amides is 1. The highest BCUT2D eigenvalue weighted by molar-refractivity contribution is 5.92. The first kappa shape index (κ1) is 18.5. The smallest absolute Gasteiger partial charge is 0.232 e. The van der Waals surface area contributed by atoms with Crippen molar-refractivity contribution in [2.45, 2.75) is 58.9 Å². The van der Waals surface area contributed by atoms with Gasteiger partial charge in [0.15, 0.2) is 0 Å². The number of nitrogens with one attached hydrogen (secondary N) is 1. The maximum atomic E-state index is 12.9. The van der Waals surface area contributed by atoms with E-state index < -0.39 is 0 Å². The van der Waals surface area contributed by atoms with Crippen molar-refractivity contribution in [1.29, 1.82) is 0 Å². The number of benzene rings is 1. The molecule has 0 bridgehead atoms. The maximum Gasteiger partial charge on any atom is 0.232 e. The number of nitrogens with zero attached hydrogens (tertiary/aromatic N) is 2. The molecular weight excluding hydrogens is 326 g/mol. The van der Waals surface area contributed by atoms with Crippen molar-refractivity contribution >= 4 is 11.7 Å². The fraction of sp³-hybridized carbons (Fsp3) is 0.524. The molecule has 1 aromatic carbocycles. The lowest BCUT2D eigenvalue weighted by Crippen LogP contribution is -2.34. The number of anilines is 1. The molecule has 5 heteroatoms. The minimum Gasteiger partial charge on any atom is -0.492 e. The molecule has 2 heterocycles. The van der Waals surface area contributed by atoms with Crippen LogP contribution in [-0.2, 0) is 22.2 Å². The predicted molar refractivity (Wildman–Crippen MR) is 104 cm³/mol. The minimum absolute atomic E-state index is 0.0228. The SMILES string of the molecule is CC(C)(C)c1cc(NC(=O)C2COc3ccccc3C2)n(C(C)(C)C)n1. The van der Waals surface area contributed by atoms with E-state index in [4.69, 9.17) is 9.84 Å². The average molecular weight is 355 g/mol. The van der Waals surface area contributed by atoms with Crippen molar-refractivity contribution in [3.63, 3.8) is 0 Å². The topological polar surface area (TPSA) is 56.1 Å². The van der Waals surface area contributed by atoms with Gasteiger partial charge in [0.1, 0.15) is 18.2 Å². The summed E-state index contributed by atoms with van der Waals surface area (Å²) in [4.78, 5) is 12.9. The third kappa shape index (κ3) is 3.76. The molecule has 1 unspecified atom stereocenters. The number of rotatable bonds is 2. The summed E-state index contributed by atoms with van der Waals surface area (Å²) in [6.45, 7) is 13.0. The molecule has 3 rings (SSSR count). The van der Waals surface area contributed by atoms with Crippen LogP contribution in [0.1, 0.15) is 52.8 Å². The maximum absolute atomic E-state index is 12.9. The van der Waals surface area contributed by atoms with Crippen LogP contribution in [0.4, 0.5) is 5.82 Å². The molecule has 1 amide bonds. The summed E-state index contributed by atoms with van der Waals surface area (Å²) >= 11 is 0. The Bertz CT molecular complexity index is 809. The number of hydrogen-bond donors (Lipinski definition) is 1. The first-order chi connectivity index (χ1) is 12.1. The van der Waals surface area contributed by atoms with E-state index in [1.54, 1.807) is 0 Å². The van der Waals surface area contributed by atoms with E-state index in [2.05, 4.69) is 46.9 Å². The van der Waals surface area contributed by atoms with Gasteiger partial charge in [0.25, 0.3) is 0 Å². The summed E-state index contributed by atoms with van der Waals surface area (Å²) in [6, 6.07) is 9.89. The molecule has 0 fully saturated rings. The van der Waals surface area contributed by atoms with Crippen molar-refractivity contribution in [1.82, 2.24) is 9.78 Å². The van der Waals surface area contributed by atoms with Crippen LogP contribution in [0.15, 0.2) is 30.3 Å². The summed E-state index contributed by atoms with van der Waals surface area (Å²) in [5.41, 5.74) is 1.75. The number of carbonyl (C=O) groups excluding carboxylic acids is 1. The second-order valence-corrected chi connectivity index (χ2v) is 9.06. The van der Waals surface area contributed by atoms with E-state index in [1.807, 2.05) is 35.0 Å². The predicted octanol–water partition coefficient (Wildman–Crippen LogP) is 4.13. The molecule has 26 heavy (non-hydrogen) atoms. The van der Waals surface area contributed by atoms with E-state index in [1.165, 1.54) is 0 Å². The van der Waals surface area contributed by atoms with E-state index in [-0.39, 0.29) is 22.8 Å². The Balaban J connectivity index is 1.82. The van der Waals surface area contributed by atoms with Crippen LogP contribution in [0.25, 0.3) is 0 Å². The van der Waals surface area contributed by atoms with Crippen LogP contribution in [0.3, 0.4) is 0 Å². The second kappa shape index (κ2) is 6.45. The average Bonchev–Trinajstić information content (AvgIpc) is 2.98. The third-order valence-electron chi connectivity index (χ3n) is 4.61. The van der Waals surface area contributed by atoms with Crippen LogP contribution in [0, 0.1) is 5.92 Å². The Morgan fingerprint density at radius 2 is 1.88 bits per heavy atom. The van der Waals surface area contributed by atoms with Gasteiger partial charge in [-0.05, 0) is 38.8 Å². The standard InChI is InChI=1S/C21H29N3O2/c1-20(2,3)17-12-18(24(23-17)21(4,5)6)22-19(25)15-11-14-9-7-8-10-16(14)26-13-15/h7-10,12,15H,11,13H2,1-6H3,(H,22,25). The van der Waals surface area contributed by atoms with Crippen molar-refractivity contribution in [3.05, 3.63) is 41.6 Å². The molecule has 1 aromatic heterocycles. The zero-order valence-corrected chi connectivity index (χ0v) is 16.6. The van der Waals surface area contributed by atoms with Gasteiger partial charge in [0, 0.05) is 11.5 Å². The zero-order valence-electron chi connectivity index (χ0n) is 16.6. The van der Waals surface area contributed by atoms with Crippen molar-refractivity contribution < 1.29 is 9.53 Å². The molecule has 1 N–H and O–H groups in total. The van der Waals surface area contributed by atoms with E-state index in [0.717, 1.165) is 22.8 Å². The van der Waals surface area contributed by atoms with E-state index >= 15 is 0 Å². The molecule has 0 aliphatic carbocycles. The summed E-state index contributed by atoms with van der Waals surface area (Å²) < 4.78 is 7.67. The Morgan fingerprint density at radius 3 is 2.54 bits per heavy atom. The number of hydrogen-bond acceptors (Lipinski definition) is 3. The summed E-state index contributed by atoms with van der Waals surface area (Å²) in [5.74, 6) is 1.40. The first-order valence-corrected chi connectivity index (χ1v) is 9.18. The van der Waals surface area contributed by atoms with Gasteiger partial charge in [-0.15, -0.1) is 0 Å². The first-order valence-electron chi connectivity index (χ1n) is 9.18. The van der Waals surface area contributed by atoms with Crippen LogP contribution < -0.4 is 10.1 Å². The van der Waals surface area contributed by atoms with Crippen molar-refractivity contribution in [3.8, 4) is 5.75 Å². The molecule has 5 nitrogen and oxygen atoms in total. The number of ether oxygens (including phenoxy) is 1. The highest BCUT2D eigenvalue weighted by Crippen LogP contribution is 2.30. The van der Waals surface area contributed by atoms with Gasteiger partial charge in [-0.1, -0.05) is 39.0 Å². The Morgan fingerprint density at radius 1 is 1.19 bits per heavy atom. The Kier molecular flexibility index (Phi) is 4.59. The molecule has 0 saturated carbocycles. The third-order valence-corrected chi connectivity index (χ3v) is 4.61. The van der Waals surface area contributed by atoms with Gasteiger partial charge < -0.3 is 10.1 Å². The fourth-order valence-corrected chi connectivity index (χ4v) is 3.07. The summed E-state index contributed by atoms with van der Waals surface area (Å²) in [5, 5.41) is 7.85. The lowest BCUT2D eigenvalue weighted by atomic mass is 9.92. The summed E-state index contributed by atoms with van der Waals surface area (Å²) in [6.07, 6.45) is 0.692. The largest absolute Gasteiger partial charge is 0.492 e. The van der Waals surface area contributed by atoms with Gasteiger partial charge in [-0.3, -0.25) is 4.79 Å². The molecule has 1 atom stereocenters. The quantitative estimate of drug-likeness (QED) is 0.881. The molecule has 0 saturated heterocycles. The van der Waals surface area contributed by atoms with Gasteiger partial charge in [0.05, 0.1) is 17.2 Å². The van der Waals surface area contributed by atoms with Crippen molar-refractivity contribution in [2.75, 3.05) is 11.9 Å². The molecule has 0 radical (unpaired) electrons. The lowest BCUT2D eigenvalue weighted by molar-refractivity contribution is -0.121. The van der Waals surface area contributed by atoms with Gasteiger partial charge >= 0.3 is 0 Å². The van der Waals surface area contributed by atoms with E-state index in [9.17, 15) is 4.79 Å². The highest BCUT2D eigenvalue weighted by Gasteiger charge is 2.29. The molecule has 140 valence electrons. The number of aromatic nitrogens is 2. The van der Waals surface area contributed by atoms with Gasteiger partial charge in [-0.25, -0.2) is 4.68 Å². The van der Waals surface area contributed by atoms with Crippen LogP contribution >= 0.6 is 0 Å². The zero-order chi connectivity index (χ0) is 19.1. The second-order valence-electron chi connectivity index (χ2n) is 9.06. The molecule has 2 aromatic rings. The van der Waals surface area contributed by atoms with Crippen LogP contribution in [0.2, 0.25) is 0 Å². The Labute approximate surface area is 155 Å². The molecule has 1 aliphatic rings. The van der Waals surface area contributed by atoms with Crippen molar-refractivity contribution in [2.24, 2.45) is 5.92 Å².